The molecular formula is C10H21NO2S. The van der Waals surface area contributed by atoms with Crippen LogP contribution < -0.4 is 5.32 Å². The van der Waals surface area contributed by atoms with E-state index in [9.17, 15) is 8.42 Å². The van der Waals surface area contributed by atoms with Crippen LogP contribution in [0.4, 0.5) is 0 Å². The maximum Gasteiger partial charge on any atom is 0.151 e. The summed E-state index contributed by atoms with van der Waals surface area (Å²) in [5, 5.41) is 3.24. The quantitative estimate of drug-likeness (QED) is 0.683. The zero-order valence-corrected chi connectivity index (χ0v) is 9.99. The molecule has 0 aliphatic heterocycles. The maximum absolute atomic E-state index is 11.2. The van der Waals surface area contributed by atoms with E-state index < -0.39 is 9.84 Å². The van der Waals surface area contributed by atoms with Gasteiger partial charge in [-0.05, 0) is 18.3 Å². The lowest BCUT2D eigenvalue weighted by Crippen LogP contribution is -2.39. The normalized spacial score (nSPS) is 20.4. The van der Waals surface area contributed by atoms with E-state index in [1.54, 1.807) is 6.92 Å². The van der Waals surface area contributed by atoms with Crippen LogP contribution in [-0.4, -0.2) is 33.0 Å². The molecule has 1 rings (SSSR count). The van der Waals surface area contributed by atoms with Crippen LogP contribution in [0, 0.1) is 5.41 Å². The summed E-state index contributed by atoms with van der Waals surface area (Å²) in [4.78, 5) is 0. The average Bonchev–Trinajstić information content (AvgIpc) is 2.10. The monoisotopic (exact) mass is 219 g/mol. The Morgan fingerprint density at radius 2 is 2.00 bits per heavy atom. The first-order chi connectivity index (χ1) is 6.47. The van der Waals surface area contributed by atoms with Crippen molar-refractivity contribution in [3.63, 3.8) is 0 Å². The first kappa shape index (κ1) is 12.0. The van der Waals surface area contributed by atoms with Gasteiger partial charge in [0.15, 0.2) is 9.84 Å². The smallest absolute Gasteiger partial charge is 0.151 e. The first-order valence-corrected chi connectivity index (χ1v) is 7.21. The number of hydrogen-bond donors (Lipinski definition) is 1. The number of sulfone groups is 1. The minimum Gasteiger partial charge on any atom is -0.315 e. The van der Waals surface area contributed by atoms with Gasteiger partial charge in [-0.3, -0.25) is 0 Å². The van der Waals surface area contributed by atoms with E-state index in [2.05, 4.69) is 12.2 Å². The van der Waals surface area contributed by atoms with Gasteiger partial charge >= 0.3 is 0 Å². The lowest BCUT2D eigenvalue weighted by molar-refractivity contribution is 0.158. The van der Waals surface area contributed by atoms with Gasteiger partial charge in [0.2, 0.25) is 0 Å². The highest BCUT2D eigenvalue weighted by atomic mass is 32.2. The van der Waals surface area contributed by atoms with E-state index >= 15 is 0 Å². The van der Waals surface area contributed by atoms with Gasteiger partial charge in [-0.25, -0.2) is 8.42 Å². The minimum absolute atomic E-state index is 0.256. The molecule has 4 heteroatoms. The summed E-state index contributed by atoms with van der Waals surface area (Å²) in [6, 6.07) is 0. The third kappa shape index (κ3) is 3.58. The first-order valence-electron chi connectivity index (χ1n) is 5.39. The van der Waals surface area contributed by atoms with Crippen molar-refractivity contribution in [2.75, 3.05) is 24.6 Å². The number of nitrogens with one attached hydrogen (secondary N) is 1. The van der Waals surface area contributed by atoms with Crippen molar-refractivity contribution in [1.29, 1.82) is 0 Å². The zero-order valence-electron chi connectivity index (χ0n) is 9.17. The molecule has 0 amide bonds. The molecule has 1 fully saturated rings. The molecule has 0 bridgehead atoms. The average molecular weight is 219 g/mol. The Morgan fingerprint density at radius 3 is 2.43 bits per heavy atom. The fraction of sp³-hybridized carbons (Fsp3) is 1.00. The van der Waals surface area contributed by atoms with Gasteiger partial charge in [0, 0.05) is 18.8 Å². The van der Waals surface area contributed by atoms with Crippen molar-refractivity contribution in [3.05, 3.63) is 0 Å². The Morgan fingerprint density at radius 1 is 1.36 bits per heavy atom. The lowest BCUT2D eigenvalue weighted by atomic mass is 9.70. The molecule has 1 saturated carbocycles. The summed E-state index contributed by atoms with van der Waals surface area (Å²) in [6.45, 7) is 5.53. The molecule has 84 valence electrons. The molecule has 0 aromatic heterocycles. The summed E-state index contributed by atoms with van der Waals surface area (Å²) in [5.74, 6) is 0.533. The number of hydrogen-bond acceptors (Lipinski definition) is 3. The molecule has 0 radical (unpaired) electrons. The van der Waals surface area contributed by atoms with Crippen molar-refractivity contribution in [2.24, 2.45) is 5.41 Å². The molecule has 0 aromatic rings. The van der Waals surface area contributed by atoms with Crippen molar-refractivity contribution >= 4 is 9.84 Å². The maximum atomic E-state index is 11.2. The van der Waals surface area contributed by atoms with E-state index in [0.717, 1.165) is 6.54 Å². The van der Waals surface area contributed by atoms with Crippen LogP contribution in [0.2, 0.25) is 0 Å². The Kier molecular flexibility index (Phi) is 3.95. The highest BCUT2D eigenvalue weighted by Crippen LogP contribution is 2.39. The fourth-order valence-electron chi connectivity index (χ4n) is 1.72. The van der Waals surface area contributed by atoms with Gasteiger partial charge in [-0.1, -0.05) is 20.3 Å². The van der Waals surface area contributed by atoms with E-state index in [1.807, 2.05) is 0 Å². The summed E-state index contributed by atoms with van der Waals surface area (Å²) in [5.41, 5.74) is 0.440. The van der Waals surface area contributed by atoms with Gasteiger partial charge in [-0.15, -0.1) is 0 Å². The Labute approximate surface area is 87.2 Å². The molecule has 0 aromatic carbocycles. The molecule has 0 unspecified atom stereocenters. The number of rotatable bonds is 6. The largest absolute Gasteiger partial charge is 0.315 e. The van der Waals surface area contributed by atoms with Gasteiger partial charge in [0.1, 0.15) is 0 Å². The Balaban J connectivity index is 2.10. The second-order valence-electron chi connectivity index (χ2n) is 4.58. The fourth-order valence-corrected chi connectivity index (χ4v) is 2.46. The van der Waals surface area contributed by atoms with Gasteiger partial charge in [0.05, 0.1) is 5.75 Å². The highest BCUT2D eigenvalue weighted by molar-refractivity contribution is 7.91. The molecule has 3 nitrogen and oxygen atoms in total. The van der Waals surface area contributed by atoms with Crippen LogP contribution in [-0.2, 0) is 9.84 Å². The van der Waals surface area contributed by atoms with Crippen molar-refractivity contribution in [1.82, 2.24) is 5.32 Å². The predicted octanol–water partition coefficient (Wildman–Crippen LogP) is 1.20. The predicted molar refractivity (Wildman–Crippen MR) is 59.2 cm³/mol. The van der Waals surface area contributed by atoms with E-state index in [0.29, 0.717) is 12.0 Å². The standard InChI is InChI=1S/C10H21NO2S/c1-3-14(12,13)8-7-11-9-10(2)5-4-6-10/h11H,3-9H2,1-2H3. The molecular weight excluding hydrogens is 198 g/mol. The van der Waals surface area contributed by atoms with Gasteiger partial charge in [-0.2, -0.15) is 0 Å². The van der Waals surface area contributed by atoms with Crippen LogP contribution in [0.5, 0.6) is 0 Å². The van der Waals surface area contributed by atoms with Crippen molar-refractivity contribution in [3.8, 4) is 0 Å². The van der Waals surface area contributed by atoms with E-state index in [1.165, 1.54) is 19.3 Å². The molecule has 0 atom stereocenters. The van der Waals surface area contributed by atoms with Crippen LogP contribution in [0.25, 0.3) is 0 Å². The zero-order chi connectivity index (χ0) is 10.7. The highest BCUT2D eigenvalue weighted by Gasteiger charge is 2.30. The third-order valence-electron chi connectivity index (χ3n) is 3.14. The topological polar surface area (TPSA) is 46.2 Å². The molecule has 0 spiro atoms. The molecule has 1 aliphatic rings. The lowest BCUT2D eigenvalue weighted by Gasteiger charge is -2.38. The molecule has 0 saturated heterocycles. The van der Waals surface area contributed by atoms with Crippen molar-refractivity contribution < 1.29 is 8.42 Å². The summed E-state index contributed by atoms with van der Waals surface area (Å²) in [6.07, 6.45) is 3.88. The summed E-state index contributed by atoms with van der Waals surface area (Å²) >= 11 is 0. The minimum atomic E-state index is -2.79. The van der Waals surface area contributed by atoms with Crippen LogP contribution in [0.15, 0.2) is 0 Å². The van der Waals surface area contributed by atoms with Gasteiger partial charge < -0.3 is 5.32 Å². The van der Waals surface area contributed by atoms with Crippen LogP contribution in [0.1, 0.15) is 33.1 Å². The van der Waals surface area contributed by atoms with Gasteiger partial charge in [0.25, 0.3) is 0 Å². The van der Waals surface area contributed by atoms with Crippen LogP contribution in [0.3, 0.4) is 0 Å². The van der Waals surface area contributed by atoms with Crippen molar-refractivity contribution in [2.45, 2.75) is 33.1 Å². The summed E-state index contributed by atoms with van der Waals surface area (Å²) < 4.78 is 22.3. The second kappa shape index (κ2) is 4.62. The molecule has 0 heterocycles. The van der Waals surface area contributed by atoms with E-state index in [4.69, 9.17) is 0 Å². The Bertz CT molecular complexity index is 268. The second-order valence-corrected chi connectivity index (χ2v) is 7.05. The molecule has 1 aliphatic carbocycles. The SMILES string of the molecule is CCS(=O)(=O)CCNCC1(C)CCC1. The van der Waals surface area contributed by atoms with E-state index in [-0.39, 0.29) is 11.5 Å². The summed E-state index contributed by atoms with van der Waals surface area (Å²) in [7, 11) is -2.79. The molecule has 14 heavy (non-hydrogen) atoms. The van der Waals surface area contributed by atoms with Crippen LogP contribution >= 0.6 is 0 Å². The molecule has 1 N–H and O–H groups in total. The third-order valence-corrected chi connectivity index (χ3v) is 4.85. The Hall–Kier alpha value is -0.0900.